The fourth-order valence-corrected chi connectivity index (χ4v) is 2.99. The van der Waals surface area contributed by atoms with Crippen LogP contribution in [0.5, 0.6) is 0 Å². The average Bonchev–Trinajstić information content (AvgIpc) is 2.25. The van der Waals surface area contributed by atoms with E-state index in [9.17, 15) is 9.90 Å². The molecule has 3 heteroatoms. The summed E-state index contributed by atoms with van der Waals surface area (Å²) in [6.07, 6.45) is 4.41. The number of benzene rings is 1. The van der Waals surface area contributed by atoms with Gasteiger partial charge in [0, 0.05) is 6.04 Å². The van der Waals surface area contributed by atoms with E-state index in [2.05, 4.69) is 11.0 Å². The Bertz CT molecular complexity index is 452. The van der Waals surface area contributed by atoms with Crippen LogP contribution in [-0.2, 0) is 12.8 Å². The molecule has 1 aliphatic heterocycles. The van der Waals surface area contributed by atoms with Gasteiger partial charge in [-0.1, -0.05) is 12.1 Å². The zero-order chi connectivity index (χ0) is 11.8. The number of hydrogen-bond donors (Lipinski definition) is 1. The number of aromatic carboxylic acids is 1. The smallest absolute Gasteiger partial charge is 0.335 e. The van der Waals surface area contributed by atoms with Crippen LogP contribution in [0.2, 0.25) is 0 Å². The van der Waals surface area contributed by atoms with Crippen LogP contribution in [0, 0.1) is 0 Å². The molecule has 1 heterocycles. The summed E-state index contributed by atoms with van der Waals surface area (Å²) in [4.78, 5) is 13.7. The third-order valence-electron chi connectivity index (χ3n) is 4.10. The molecule has 1 atom stereocenters. The first kappa shape index (κ1) is 10.8. The Kier molecular flexibility index (Phi) is 2.63. The molecular formula is C14H17NO2. The summed E-state index contributed by atoms with van der Waals surface area (Å²) in [5.74, 6) is -0.786. The Morgan fingerprint density at radius 1 is 1.35 bits per heavy atom. The summed E-state index contributed by atoms with van der Waals surface area (Å²) < 4.78 is 0. The standard InChI is InChI=1S/C14H17NO2/c16-14(17)12-4-1-3-10-5-6-11(9-13(10)12)15-7-2-8-15/h1,3-4,11H,2,5-9H2,(H,16,17). The Morgan fingerprint density at radius 3 is 2.82 bits per heavy atom. The van der Waals surface area contributed by atoms with E-state index in [1.807, 2.05) is 6.07 Å². The highest BCUT2D eigenvalue weighted by Crippen LogP contribution is 2.29. The summed E-state index contributed by atoms with van der Waals surface area (Å²) in [5.41, 5.74) is 2.82. The molecule has 2 aliphatic rings. The normalized spacial score (nSPS) is 23.9. The van der Waals surface area contributed by atoms with E-state index in [1.165, 1.54) is 31.5 Å². The van der Waals surface area contributed by atoms with Crippen molar-refractivity contribution in [2.45, 2.75) is 31.7 Å². The number of hydrogen-bond acceptors (Lipinski definition) is 2. The van der Waals surface area contributed by atoms with E-state index in [-0.39, 0.29) is 0 Å². The molecule has 0 amide bonds. The number of carboxylic acid groups (broad SMARTS) is 1. The first-order valence-electron chi connectivity index (χ1n) is 6.34. The van der Waals surface area contributed by atoms with Crippen molar-refractivity contribution >= 4 is 5.97 Å². The monoisotopic (exact) mass is 231 g/mol. The predicted octanol–water partition coefficient (Wildman–Crippen LogP) is 1.95. The summed E-state index contributed by atoms with van der Waals surface area (Å²) in [5, 5.41) is 9.22. The maximum atomic E-state index is 11.2. The van der Waals surface area contributed by atoms with Gasteiger partial charge in [0.25, 0.3) is 0 Å². The van der Waals surface area contributed by atoms with Crippen LogP contribution in [0.25, 0.3) is 0 Å². The van der Waals surface area contributed by atoms with Crippen molar-refractivity contribution in [1.29, 1.82) is 0 Å². The van der Waals surface area contributed by atoms with Crippen LogP contribution < -0.4 is 0 Å². The fraction of sp³-hybridized carbons (Fsp3) is 0.500. The van der Waals surface area contributed by atoms with E-state index in [0.29, 0.717) is 11.6 Å². The summed E-state index contributed by atoms with van der Waals surface area (Å²) in [6.45, 7) is 2.38. The molecule has 0 spiro atoms. The predicted molar refractivity (Wildman–Crippen MR) is 65.4 cm³/mol. The molecule has 0 bridgehead atoms. The highest BCUT2D eigenvalue weighted by Gasteiger charge is 2.29. The lowest BCUT2D eigenvalue weighted by atomic mass is 9.84. The van der Waals surface area contributed by atoms with Gasteiger partial charge in [-0.15, -0.1) is 0 Å². The van der Waals surface area contributed by atoms with Crippen LogP contribution >= 0.6 is 0 Å². The van der Waals surface area contributed by atoms with Crippen molar-refractivity contribution in [3.63, 3.8) is 0 Å². The van der Waals surface area contributed by atoms with Gasteiger partial charge in [-0.25, -0.2) is 4.79 Å². The number of rotatable bonds is 2. The minimum atomic E-state index is -0.786. The molecule has 0 saturated carbocycles. The summed E-state index contributed by atoms with van der Waals surface area (Å²) in [6, 6.07) is 6.25. The molecule has 0 radical (unpaired) electrons. The molecule has 1 saturated heterocycles. The number of aryl methyl sites for hydroxylation is 1. The van der Waals surface area contributed by atoms with E-state index < -0.39 is 5.97 Å². The number of carboxylic acids is 1. The maximum Gasteiger partial charge on any atom is 0.335 e. The fourth-order valence-electron chi connectivity index (χ4n) is 2.99. The Balaban J connectivity index is 1.90. The van der Waals surface area contributed by atoms with Crippen molar-refractivity contribution in [3.05, 3.63) is 34.9 Å². The third-order valence-corrected chi connectivity index (χ3v) is 4.10. The quantitative estimate of drug-likeness (QED) is 0.845. The molecule has 1 aromatic carbocycles. The molecular weight excluding hydrogens is 214 g/mol. The molecule has 3 nitrogen and oxygen atoms in total. The van der Waals surface area contributed by atoms with Gasteiger partial charge in [-0.05, 0) is 56.0 Å². The topological polar surface area (TPSA) is 40.5 Å². The molecule has 1 aliphatic carbocycles. The molecule has 1 unspecified atom stereocenters. The van der Waals surface area contributed by atoms with Gasteiger partial charge in [0.15, 0.2) is 0 Å². The van der Waals surface area contributed by atoms with E-state index in [4.69, 9.17) is 0 Å². The molecule has 3 rings (SSSR count). The molecule has 1 N–H and O–H groups in total. The van der Waals surface area contributed by atoms with Gasteiger partial charge in [0.1, 0.15) is 0 Å². The van der Waals surface area contributed by atoms with Gasteiger partial charge in [0.05, 0.1) is 5.56 Å². The first-order valence-corrected chi connectivity index (χ1v) is 6.34. The van der Waals surface area contributed by atoms with E-state index in [1.54, 1.807) is 6.07 Å². The first-order chi connectivity index (χ1) is 8.25. The molecule has 90 valence electrons. The lowest BCUT2D eigenvalue weighted by Crippen LogP contribution is -2.47. The maximum absolute atomic E-state index is 11.2. The van der Waals surface area contributed by atoms with Gasteiger partial charge in [0.2, 0.25) is 0 Å². The lowest BCUT2D eigenvalue weighted by Gasteiger charge is -2.41. The molecule has 0 aromatic heterocycles. The highest BCUT2D eigenvalue weighted by atomic mass is 16.4. The van der Waals surface area contributed by atoms with Crippen molar-refractivity contribution in [2.75, 3.05) is 13.1 Å². The second kappa shape index (κ2) is 4.15. The van der Waals surface area contributed by atoms with Crippen molar-refractivity contribution in [3.8, 4) is 0 Å². The van der Waals surface area contributed by atoms with E-state index in [0.717, 1.165) is 18.4 Å². The molecule has 1 aromatic rings. The Labute approximate surface area is 101 Å². The van der Waals surface area contributed by atoms with Crippen LogP contribution in [-0.4, -0.2) is 35.1 Å². The third kappa shape index (κ3) is 1.84. The van der Waals surface area contributed by atoms with Gasteiger partial charge >= 0.3 is 5.97 Å². The summed E-state index contributed by atoms with van der Waals surface area (Å²) in [7, 11) is 0. The summed E-state index contributed by atoms with van der Waals surface area (Å²) >= 11 is 0. The van der Waals surface area contributed by atoms with Crippen molar-refractivity contribution < 1.29 is 9.90 Å². The Hall–Kier alpha value is -1.35. The van der Waals surface area contributed by atoms with Crippen molar-refractivity contribution in [1.82, 2.24) is 4.90 Å². The molecule has 1 fully saturated rings. The van der Waals surface area contributed by atoms with Crippen molar-refractivity contribution in [2.24, 2.45) is 0 Å². The lowest BCUT2D eigenvalue weighted by molar-refractivity contribution is 0.0692. The van der Waals surface area contributed by atoms with Gasteiger partial charge in [-0.2, -0.15) is 0 Å². The zero-order valence-electron chi connectivity index (χ0n) is 9.85. The van der Waals surface area contributed by atoms with Crippen LogP contribution in [0.15, 0.2) is 18.2 Å². The second-order valence-electron chi connectivity index (χ2n) is 5.03. The SMILES string of the molecule is O=C(O)c1cccc2c1CC(N1CCC1)CC2. The molecule has 17 heavy (non-hydrogen) atoms. The highest BCUT2D eigenvalue weighted by molar-refractivity contribution is 5.89. The minimum Gasteiger partial charge on any atom is -0.478 e. The van der Waals surface area contributed by atoms with Gasteiger partial charge < -0.3 is 5.11 Å². The zero-order valence-corrected chi connectivity index (χ0v) is 9.85. The number of nitrogens with zero attached hydrogens (tertiary/aromatic N) is 1. The van der Waals surface area contributed by atoms with E-state index >= 15 is 0 Å². The van der Waals surface area contributed by atoms with Crippen LogP contribution in [0.1, 0.15) is 34.3 Å². The van der Waals surface area contributed by atoms with Crippen LogP contribution in [0.4, 0.5) is 0 Å². The van der Waals surface area contributed by atoms with Gasteiger partial charge in [-0.3, -0.25) is 4.90 Å². The van der Waals surface area contributed by atoms with Crippen LogP contribution in [0.3, 0.4) is 0 Å². The largest absolute Gasteiger partial charge is 0.478 e. The Morgan fingerprint density at radius 2 is 2.18 bits per heavy atom. The average molecular weight is 231 g/mol. The number of likely N-dealkylation sites (tertiary alicyclic amines) is 1. The number of carbonyl (C=O) groups is 1. The number of fused-ring (bicyclic) bond motifs is 1. The second-order valence-corrected chi connectivity index (χ2v) is 5.03. The minimum absolute atomic E-state index is 0.507.